The van der Waals surface area contributed by atoms with Crippen molar-refractivity contribution in [3.63, 3.8) is 0 Å². The van der Waals surface area contributed by atoms with Crippen molar-refractivity contribution in [1.82, 2.24) is 14.0 Å². The molecule has 0 fully saturated rings. The first-order valence-electron chi connectivity index (χ1n) is 8.91. The Morgan fingerprint density at radius 1 is 0.966 bits per heavy atom. The van der Waals surface area contributed by atoms with Gasteiger partial charge < -0.3 is 23.3 Å². The molecule has 0 bridgehead atoms. The molecule has 5 rings (SSSR count). The van der Waals surface area contributed by atoms with Gasteiger partial charge in [0, 0.05) is 30.2 Å². The Morgan fingerprint density at radius 3 is 2.62 bits per heavy atom. The minimum atomic E-state index is -0.244. The molecule has 0 N–H and O–H groups in total. The van der Waals surface area contributed by atoms with Gasteiger partial charge in [-0.2, -0.15) is 0 Å². The van der Waals surface area contributed by atoms with Crippen molar-refractivity contribution < 1.29 is 18.9 Å². The van der Waals surface area contributed by atoms with Crippen molar-refractivity contribution in [3.05, 3.63) is 65.3 Å². The number of fused-ring (bicyclic) bond motifs is 2. The van der Waals surface area contributed by atoms with Gasteiger partial charge in [0.05, 0.1) is 25.6 Å². The Bertz CT molecular complexity index is 1290. The van der Waals surface area contributed by atoms with E-state index in [9.17, 15) is 4.79 Å². The molecule has 2 aromatic heterocycles. The summed E-state index contributed by atoms with van der Waals surface area (Å²) in [7, 11) is 3.12. The Hall–Kier alpha value is -3.94. The highest BCUT2D eigenvalue weighted by Crippen LogP contribution is 2.35. The predicted octanol–water partition coefficient (Wildman–Crippen LogP) is 2.90. The summed E-state index contributed by atoms with van der Waals surface area (Å²) in [4.78, 5) is 17.6. The van der Waals surface area contributed by atoms with Crippen molar-refractivity contribution in [2.75, 3.05) is 21.0 Å². The van der Waals surface area contributed by atoms with Crippen molar-refractivity contribution >= 4 is 5.65 Å². The van der Waals surface area contributed by atoms with E-state index >= 15 is 0 Å². The Kier molecular flexibility index (Phi) is 3.90. The zero-order valence-electron chi connectivity index (χ0n) is 15.8. The van der Waals surface area contributed by atoms with Crippen LogP contribution in [0.15, 0.2) is 59.8 Å². The van der Waals surface area contributed by atoms with Crippen molar-refractivity contribution in [2.24, 2.45) is 0 Å². The summed E-state index contributed by atoms with van der Waals surface area (Å²) in [6.07, 6.45) is 5.30. The third-order valence-corrected chi connectivity index (χ3v) is 4.83. The van der Waals surface area contributed by atoms with E-state index in [4.69, 9.17) is 18.9 Å². The van der Waals surface area contributed by atoms with E-state index in [0.717, 1.165) is 5.56 Å². The van der Waals surface area contributed by atoms with Gasteiger partial charge in [0.2, 0.25) is 12.4 Å². The summed E-state index contributed by atoms with van der Waals surface area (Å²) in [5.74, 6) is 2.51. The summed E-state index contributed by atoms with van der Waals surface area (Å²) < 4.78 is 24.6. The van der Waals surface area contributed by atoms with Crippen LogP contribution in [0.25, 0.3) is 22.6 Å². The summed E-state index contributed by atoms with van der Waals surface area (Å²) in [5.41, 5.74) is 2.24. The summed E-state index contributed by atoms with van der Waals surface area (Å²) in [5, 5.41) is 0. The van der Waals surface area contributed by atoms with Crippen LogP contribution in [-0.4, -0.2) is 35.0 Å². The molecule has 0 saturated heterocycles. The fourth-order valence-electron chi connectivity index (χ4n) is 3.35. The average molecular weight is 391 g/mol. The number of ether oxygens (including phenoxy) is 4. The van der Waals surface area contributed by atoms with Gasteiger partial charge >= 0.3 is 0 Å². The number of benzene rings is 2. The largest absolute Gasteiger partial charge is 0.493 e. The predicted molar refractivity (Wildman–Crippen MR) is 105 cm³/mol. The second-order valence-electron chi connectivity index (χ2n) is 6.44. The molecule has 2 aromatic carbocycles. The molecule has 0 saturated carbocycles. The van der Waals surface area contributed by atoms with E-state index < -0.39 is 0 Å². The van der Waals surface area contributed by atoms with Gasteiger partial charge in [-0.25, -0.2) is 4.98 Å². The fraction of sp³-hybridized carbons (Fsp3) is 0.143. The summed E-state index contributed by atoms with van der Waals surface area (Å²) in [6, 6.07) is 10.9. The van der Waals surface area contributed by atoms with Gasteiger partial charge in [-0.05, 0) is 30.3 Å². The van der Waals surface area contributed by atoms with Crippen LogP contribution in [0.5, 0.6) is 23.0 Å². The second-order valence-corrected chi connectivity index (χ2v) is 6.44. The van der Waals surface area contributed by atoms with Crippen molar-refractivity contribution in [1.29, 1.82) is 0 Å². The maximum Gasteiger partial charge on any atom is 0.298 e. The molecule has 8 heteroatoms. The molecule has 0 radical (unpaired) electrons. The minimum Gasteiger partial charge on any atom is -0.493 e. The number of methoxy groups -OCH3 is 2. The van der Waals surface area contributed by atoms with Gasteiger partial charge in [0.15, 0.2) is 23.0 Å². The first kappa shape index (κ1) is 17.2. The molecule has 146 valence electrons. The van der Waals surface area contributed by atoms with Crippen LogP contribution in [-0.2, 0) is 0 Å². The highest BCUT2D eigenvalue weighted by atomic mass is 16.7. The standard InChI is InChI=1S/C21H17N3O5/c1-26-16-6-4-14(10-18(16)27-2)24-8-7-23-11-15(22-20(23)21(24)25)13-3-5-17-19(9-13)29-12-28-17/h3-11H,12H2,1-2H3. The van der Waals surface area contributed by atoms with Crippen LogP contribution in [0.3, 0.4) is 0 Å². The smallest absolute Gasteiger partial charge is 0.298 e. The van der Waals surface area contributed by atoms with Gasteiger partial charge in [-0.1, -0.05) is 0 Å². The summed E-state index contributed by atoms with van der Waals surface area (Å²) >= 11 is 0. The van der Waals surface area contributed by atoms with E-state index in [2.05, 4.69) is 4.98 Å². The van der Waals surface area contributed by atoms with E-state index in [-0.39, 0.29) is 12.4 Å². The lowest BCUT2D eigenvalue weighted by atomic mass is 10.1. The fourth-order valence-corrected chi connectivity index (χ4v) is 3.35. The molecule has 8 nitrogen and oxygen atoms in total. The monoisotopic (exact) mass is 391 g/mol. The van der Waals surface area contributed by atoms with Crippen LogP contribution in [0, 0.1) is 0 Å². The van der Waals surface area contributed by atoms with Crippen molar-refractivity contribution in [2.45, 2.75) is 0 Å². The number of hydrogen-bond acceptors (Lipinski definition) is 6. The Morgan fingerprint density at radius 2 is 1.79 bits per heavy atom. The van der Waals surface area contributed by atoms with Gasteiger partial charge in [0.1, 0.15) is 0 Å². The van der Waals surface area contributed by atoms with E-state index in [1.54, 1.807) is 49.2 Å². The molecule has 0 atom stereocenters. The molecule has 0 aliphatic carbocycles. The van der Waals surface area contributed by atoms with Crippen LogP contribution >= 0.6 is 0 Å². The molecule has 0 amide bonds. The quantitative estimate of drug-likeness (QED) is 0.532. The van der Waals surface area contributed by atoms with Gasteiger partial charge in [-0.15, -0.1) is 0 Å². The van der Waals surface area contributed by atoms with Crippen LogP contribution in [0.1, 0.15) is 0 Å². The lowest BCUT2D eigenvalue weighted by Gasteiger charge is -2.11. The maximum absolute atomic E-state index is 13.1. The van der Waals surface area contributed by atoms with E-state index in [1.807, 2.05) is 24.4 Å². The van der Waals surface area contributed by atoms with Crippen LogP contribution in [0.4, 0.5) is 0 Å². The molecule has 1 aliphatic rings. The SMILES string of the molecule is COc1ccc(-n2ccn3cc(-c4ccc5c(c4)OCO5)nc3c2=O)cc1OC. The topological polar surface area (TPSA) is 76.2 Å². The molecule has 0 spiro atoms. The number of imidazole rings is 1. The van der Waals surface area contributed by atoms with Gasteiger partial charge in [-0.3, -0.25) is 9.36 Å². The number of aromatic nitrogens is 3. The van der Waals surface area contributed by atoms with Crippen molar-refractivity contribution in [3.8, 4) is 39.9 Å². The Labute approximate surface area is 165 Å². The number of hydrogen-bond donors (Lipinski definition) is 0. The average Bonchev–Trinajstić information content (AvgIpc) is 3.40. The maximum atomic E-state index is 13.1. The first-order chi connectivity index (χ1) is 14.2. The summed E-state index contributed by atoms with van der Waals surface area (Å²) in [6.45, 7) is 0.208. The molecular formula is C21H17N3O5. The minimum absolute atomic E-state index is 0.208. The third-order valence-electron chi connectivity index (χ3n) is 4.83. The first-order valence-corrected chi connectivity index (χ1v) is 8.91. The molecule has 4 aromatic rings. The molecule has 0 unspecified atom stereocenters. The van der Waals surface area contributed by atoms with E-state index in [0.29, 0.717) is 40.0 Å². The molecule has 3 heterocycles. The van der Waals surface area contributed by atoms with E-state index in [1.165, 1.54) is 4.57 Å². The lowest BCUT2D eigenvalue weighted by Crippen LogP contribution is -2.20. The number of rotatable bonds is 4. The van der Waals surface area contributed by atoms with Crippen LogP contribution in [0.2, 0.25) is 0 Å². The highest BCUT2D eigenvalue weighted by molar-refractivity contribution is 5.66. The molecule has 29 heavy (non-hydrogen) atoms. The lowest BCUT2D eigenvalue weighted by molar-refractivity contribution is 0.174. The van der Waals surface area contributed by atoms with Crippen LogP contribution < -0.4 is 24.5 Å². The number of nitrogens with zero attached hydrogens (tertiary/aromatic N) is 3. The molecule has 1 aliphatic heterocycles. The molecular weight excluding hydrogens is 374 g/mol. The zero-order valence-corrected chi connectivity index (χ0v) is 15.8. The third kappa shape index (κ3) is 2.77. The Balaban J connectivity index is 1.60. The van der Waals surface area contributed by atoms with Gasteiger partial charge in [0.25, 0.3) is 5.56 Å². The normalized spacial score (nSPS) is 12.3. The zero-order chi connectivity index (χ0) is 20.0. The highest BCUT2D eigenvalue weighted by Gasteiger charge is 2.16. The second kappa shape index (κ2) is 6.59.